The fourth-order valence-corrected chi connectivity index (χ4v) is 3.29. The van der Waals surface area contributed by atoms with Crippen LogP contribution in [0.1, 0.15) is 22.6 Å². The van der Waals surface area contributed by atoms with E-state index in [4.69, 9.17) is 10.5 Å². The van der Waals surface area contributed by atoms with Gasteiger partial charge in [0, 0.05) is 5.92 Å². The Labute approximate surface area is 137 Å². The van der Waals surface area contributed by atoms with E-state index in [9.17, 15) is 0 Å². The Morgan fingerprint density at radius 1 is 1.00 bits per heavy atom. The van der Waals surface area contributed by atoms with Crippen LogP contribution in [0.5, 0.6) is 5.75 Å². The molecule has 23 heavy (non-hydrogen) atoms. The zero-order valence-electron chi connectivity index (χ0n) is 13.8. The fourth-order valence-electron chi connectivity index (χ4n) is 3.29. The Bertz CT molecular complexity index is 805. The van der Waals surface area contributed by atoms with Crippen molar-refractivity contribution in [3.05, 3.63) is 77.4 Å². The molecule has 0 saturated carbocycles. The Morgan fingerprint density at radius 3 is 2.52 bits per heavy atom. The molecule has 0 spiro atoms. The summed E-state index contributed by atoms with van der Waals surface area (Å²) < 4.78 is 5.31. The number of hydrogen-bond donors (Lipinski definition) is 1. The number of rotatable bonds is 5. The molecule has 0 aliphatic carbocycles. The summed E-state index contributed by atoms with van der Waals surface area (Å²) in [4.78, 5) is 0. The van der Waals surface area contributed by atoms with E-state index < -0.39 is 0 Å². The summed E-state index contributed by atoms with van der Waals surface area (Å²) in [5, 5.41) is 2.60. The summed E-state index contributed by atoms with van der Waals surface area (Å²) in [7, 11) is 1.70. The second-order valence-corrected chi connectivity index (χ2v) is 6.00. The van der Waals surface area contributed by atoms with E-state index in [1.807, 2.05) is 6.07 Å². The highest BCUT2D eigenvalue weighted by Gasteiger charge is 2.15. The third-order valence-electron chi connectivity index (χ3n) is 4.55. The zero-order chi connectivity index (χ0) is 16.2. The van der Waals surface area contributed by atoms with Crippen molar-refractivity contribution in [3.63, 3.8) is 0 Å². The molecule has 1 atom stereocenters. The molecule has 0 heterocycles. The van der Waals surface area contributed by atoms with Gasteiger partial charge in [-0.15, -0.1) is 0 Å². The number of fused-ring (bicyclic) bond motifs is 1. The Hall–Kier alpha value is -2.32. The average Bonchev–Trinajstić information content (AvgIpc) is 2.60. The van der Waals surface area contributed by atoms with Gasteiger partial charge in [0.1, 0.15) is 5.75 Å². The van der Waals surface area contributed by atoms with Crippen LogP contribution in [-0.2, 0) is 6.42 Å². The van der Waals surface area contributed by atoms with Crippen LogP contribution in [0.4, 0.5) is 0 Å². The molecular weight excluding hydrogens is 282 g/mol. The molecule has 118 valence electrons. The van der Waals surface area contributed by atoms with Gasteiger partial charge in [0.2, 0.25) is 0 Å². The molecule has 0 bridgehead atoms. The van der Waals surface area contributed by atoms with Crippen LogP contribution in [0.2, 0.25) is 0 Å². The molecule has 3 aromatic carbocycles. The van der Waals surface area contributed by atoms with E-state index in [1.54, 1.807) is 7.11 Å². The van der Waals surface area contributed by atoms with Crippen molar-refractivity contribution in [2.45, 2.75) is 19.3 Å². The lowest BCUT2D eigenvalue weighted by Gasteiger charge is -2.19. The van der Waals surface area contributed by atoms with Gasteiger partial charge in [-0.2, -0.15) is 0 Å². The van der Waals surface area contributed by atoms with Crippen molar-refractivity contribution in [1.29, 1.82) is 0 Å². The summed E-state index contributed by atoms with van der Waals surface area (Å²) in [6, 6.07) is 21.3. The van der Waals surface area contributed by atoms with Crippen LogP contribution < -0.4 is 10.5 Å². The zero-order valence-corrected chi connectivity index (χ0v) is 13.8. The number of nitrogens with two attached hydrogens (primary N) is 1. The van der Waals surface area contributed by atoms with E-state index in [1.165, 1.54) is 27.5 Å². The first-order valence-corrected chi connectivity index (χ1v) is 8.04. The molecule has 3 rings (SSSR count). The quantitative estimate of drug-likeness (QED) is 0.756. The second-order valence-electron chi connectivity index (χ2n) is 6.00. The first-order valence-electron chi connectivity index (χ1n) is 8.04. The lowest BCUT2D eigenvalue weighted by molar-refractivity contribution is 0.414. The highest BCUT2D eigenvalue weighted by molar-refractivity contribution is 5.85. The maximum Gasteiger partial charge on any atom is 0.119 e. The van der Waals surface area contributed by atoms with Gasteiger partial charge in [-0.25, -0.2) is 0 Å². The minimum atomic E-state index is 0.312. The van der Waals surface area contributed by atoms with Crippen LogP contribution in [0.25, 0.3) is 10.8 Å². The van der Waals surface area contributed by atoms with Gasteiger partial charge in [0.25, 0.3) is 0 Å². The molecule has 0 aliphatic rings. The molecule has 2 N–H and O–H groups in total. The van der Waals surface area contributed by atoms with Gasteiger partial charge in [-0.1, -0.05) is 48.5 Å². The van der Waals surface area contributed by atoms with Gasteiger partial charge in [0.05, 0.1) is 7.11 Å². The van der Waals surface area contributed by atoms with Crippen molar-refractivity contribution in [2.75, 3.05) is 13.7 Å². The Kier molecular flexibility index (Phi) is 4.63. The van der Waals surface area contributed by atoms with Crippen molar-refractivity contribution in [2.24, 2.45) is 5.73 Å². The molecule has 0 amide bonds. The molecular formula is C21H23NO. The van der Waals surface area contributed by atoms with E-state index in [2.05, 4.69) is 61.5 Å². The maximum atomic E-state index is 6.10. The molecule has 0 fully saturated rings. The molecule has 2 nitrogen and oxygen atoms in total. The average molecular weight is 305 g/mol. The summed E-state index contributed by atoms with van der Waals surface area (Å²) in [6.45, 7) is 2.76. The molecule has 3 aromatic rings. The molecule has 0 saturated heterocycles. The number of methoxy groups -OCH3 is 1. The van der Waals surface area contributed by atoms with Crippen molar-refractivity contribution in [3.8, 4) is 5.75 Å². The van der Waals surface area contributed by atoms with Crippen LogP contribution in [0, 0.1) is 6.92 Å². The second kappa shape index (κ2) is 6.84. The van der Waals surface area contributed by atoms with Gasteiger partial charge >= 0.3 is 0 Å². The number of aryl methyl sites for hydroxylation is 1. The topological polar surface area (TPSA) is 35.2 Å². The van der Waals surface area contributed by atoms with Gasteiger partial charge in [0.15, 0.2) is 0 Å². The van der Waals surface area contributed by atoms with E-state index >= 15 is 0 Å². The van der Waals surface area contributed by atoms with Gasteiger partial charge in [-0.3, -0.25) is 0 Å². The third kappa shape index (κ3) is 3.22. The van der Waals surface area contributed by atoms with Crippen LogP contribution in [-0.4, -0.2) is 13.7 Å². The third-order valence-corrected chi connectivity index (χ3v) is 4.55. The smallest absolute Gasteiger partial charge is 0.119 e. The summed E-state index contributed by atoms with van der Waals surface area (Å²) >= 11 is 0. The van der Waals surface area contributed by atoms with Crippen LogP contribution in [0.15, 0.2) is 60.7 Å². The summed E-state index contributed by atoms with van der Waals surface area (Å²) in [6.07, 6.45) is 0.949. The Balaban J connectivity index is 1.95. The minimum absolute atomic E-state index is 0.312. The molecule has 0 radical (unpaired) electrons. The van der Waals surface area contributed by atoms with Crippen LogP contribution in [0.3, 0.4) is 0 Å². The number of hydrogen-bond acceptors (Lipinski definition) is 2. The lowest BCUT2D eigenvalue weighted by Crippen LogP contribution is -2.16. The SMILES string of the molecule is COc1ccc(C(CN)Cc2cccc3ccccc23)c(C)c1. The number of benzene rings is 3. The van der Waals surface area contributed by atoms with Gasteiger partial charge < -0.3 is 10.5 Å². The Morgan fingerprint density at radius 2 is 1.78 bits per heavy atom. The normalized spacial score (nSPS) is 12.3. The molecule has 2 heteroatoms. The first kappa shape index (κ1) is 15.6. The maximum absolute atomic E-state index is 6.10. The monoisotopic (exact) mass is 305 g/mol. The largest absolute Gasteiger partial charge is 0.497 e. The summed E-state index contributed by atoms with van der Waals surface area (Å²) in [5.74, 6) is 1.21. The molecule has 0 aromatic heterocycles. The van der Waals surface area contributed by atoms with Crippen molar-refractivity contribution < 1.29 is 4.74 Å². The standard InChI is InChI=1S/C21H23NO/c1-15-12-19(23-2)10-11-20(15)18(14-22)13-17-8-5-7-16-6-3-4-9-21(16)17/h3-12,18H,13-14,22H2,1-2H3. The predicted octanol–water partition coefficient (Wildman–Crippen LogP) is 4.44. The predicted molar refractivity (Wildman–Crippen MR) is 97.2 cm³/mol. The highest BCUT2D eigenvalue weighted by atomic mass is 16.5. The van der Waals surface area contributed by atoms with Crippen LogP contribution >= 0.6 is 0 Å². The van der Waals surface area contributed by atoms with E-state index in [0.717, 1.165) is 12.2 Å². The minimum Gasteiger partial charge on any atom is -0.497 e. The first-order chi connectivity index (χ1) is 11.2. The lowest BCUT2D eigenvalue weighted by atomic mass is 9.87. The fraction of sp³-hybridized carbons (Fsp3) is 0.238. The van der Waals surface area contributed by atoms with Crippen molar-refractivity contribution >= 4 is 10.8 Å². The number of ether oxygens (including phenoxy) is 1. The summed E-state index contributed by atoms with van der Waals surface area (Å²) in [5.41, 5.74) is 10.0. The highest BCUT2D eigenvalue weighted by Crippen LogP contribution is 2.29. The van der Waals surface area contributed by atoms with E-state index in [0.29, 0.717) is 12.5 Å². The molecule has 1 unspecified atom stereocenters. The van der Waals surface area contributed by atoms with Crippen molar-refractivity contribution in [1.82, 2.24) is 0 Å². The van der Waals surface area contributed by atoms with Gasteiger partial charge in [-0.05, 0) is 59.5 Å². The molecule has 0 aliphatic heterocycles. The van der Waals surface area contributed by atoms with E-state index in [-0.39, 0.29) is 0 Å².